The van der Waals surface area contributed by atoms with Gasteiger partial charge in [-0.25, -0.2) is 13.1 Å². The van der Waals surface area contributed by atoms with Gasteiger partial charge in [0.05, 0.1) is 0 Å². The van der Waals surface area contributed by atoms with E-state index in [1.807, 2.05) is 35.2 Å². The van der Waals surface area contributed by atoms with Crippen LogP contribution in [0.15, 0.2) is 78.2 Å². The Morgan fingerprint density at radius 3 is 2.36 bits per heavy atom. The first-order valence-electron chi connectivity index (χ1n) is 11.2. The van der Waals surface area contributed by atoms with Crippen molar-refractivity contribution in [2.75, 3.05) is 32.7 Å². The zero-order valence-electron chi connectivity index (χ0n) is 18.6. The van der Waals surface area contributed by atoms with Crippen molar-refractivity contribution in [3.8, 4) is 0 Å². The van der Waals surface area contributed by atoms with Gasteiger partial charge in [-0.3, -0.25) is 9.69 Å². The molecule has 172 valence electrons. The van der Waals surface area contributed by atoms with Crippen molar-refractivity contribution in [2.24, 2.45) is 0 Å². The third-order valence-corrected chi connectivity index (χ3v) is 6.98. The molecule has 33 heavy (non-hydrogen) atoms. The van der Waals surface area contributed by atoms with E-state index in [2.05, 4.69) is 52.1 Å². The van der Waals surface area contributed by atoms with Crippen LogP contribution in [0, 0.1) is 0 Å². The molecule has 0 unspecified atom stereocenters. The molecule has 1 fully saturated rings. The van der Waals surface area contributed by atoms with Crippen LogP contribution in [0.4, 0.5) is 0 Å². The maximum atomic E-state index is 12.6. The Morgan fingerprint density at radius 2 is 1.58 bits per heavy atom. The van der Waals surface area contributed by atoms with Gasteiger partial charge < -0.3 is 4.90 Å². The Bertz CT molecular complexity index is 1210. The van der Waals surface area contributed by atoms with Crippen LogP contribution in [-0.2, 0) is 21.4 Å². The van der Waals surface area contributed by atoms with E-state index in [1.165, 1.54) is 16.3 Å². The fourth-order valence-corrected chi connectivity index (χ4v) is 4.88. The topological polar surface area (TPSA) is 69.7 Å². The fraction of sp³-hybridized carbons (Fsp3) is 0.269. The number of carbonyl (C=O) groups excluding carboxylic acids is 1. The van der Waals surface area contributed by atoms with Crippen LogP contribution in [0.2, 0.25) is 0 Å². The highest BCUT2D eigenvalue weighted by Gasteiger charge is 2.21. The molecule has 4 rings (SSSR count). The molecule has 6 nitrogen and oxygen atoms in total. The first kappa shape index (κ1) is 23.2. The number of benzene rings is 3. The van der Waals surface area contributed by atoms with E-state index in [0.717, 1.165) is 30.6 Å². The number of nitrogens with one attached hydrogen (secondary N) is 1. The Labute approximate surface area is 195 Å². The fourth-order valence-electron chi connectivity index (χ4n) is 4.07. The molecule has 0 aliphatic carbocycles. The molecule has 0 saturated carbocycles. The summed E-state index contributed by atoms with van der Waals surface area (Å²) in [5.74, 6) is -0.0189. The van der Waals surface area contributed by atoms with Crippen molar-refractivity contribution in [3.05, 3.63) is 89.3 Å². The van der Waals surface area contributed by atoms with E-state index in [1.54, 1.807) is 6.08 Å². The molecule has 7 heteroatoms. The van der Waals surface area contributed by atoms with Crippen molar-refractivity contribution < 1.29 is 13.2 Å². The van der Waals surface area contributed by atoms with Gasteiger partial charge in [0.1, 0.15) is 0 Å². The normalized spacial score (nSPS) is 15.3. The molecular formula is C26H29N3O3S. The Hall–Kier alpha value is -3.00. The van der Waals surface area contributed by atoms with Crippen molar-refractivity contribution in [3.63, 3.8) is 0 Å². The molecule has 0 atom stereocenters. The van der Waals surface area contributed by atoms with Gasteiger partial charge in [0.25, 0.3) is 0 Å². The van der Waals surface area contributed by atoms with Gasteiger partial charge in [-0.2, -0.15) is 0 Å². The minimum absolute atomic E-state index is 0.0189. The minimum Gasteiger partial charge on any atom is -0.340 e. The highest BCUT2D eigenvalue weighted by molar-refractivity contribution is 7.92. The number of rotatable bonds is 8. The highest BCUT2D eigenvalue weighted by Crippen LogP contribution is 2.20. The zero-order valence-corrected chi connectivity index (χ0v) is 19.4. The maximum Gasteiger partial charge on any atom is 0.233 e. The van der Waals surface area contributed by atoms with E-state index in [9.17, 15) is 13.2 Å². The number of carbonyl (C=O) groups is 1. The van der Waals surface area contributed by atoms with Gasteiger partial charge in [-0.15, -0.1) is 0 Å². The number of sulfonamides is 1. The van der Waals surface area contributed by atoms with Crippen LogP contribution >= 0.6 is 0 Å². The molecule has 0 bridgehead atoms. The molecule has 1 N–H and O–H groups in total. The number of fused-ring (bicyclic) bond motifs is 1. The first-order valence-corrected chi connectivity index (χ1v) is 12.7. The molecule has 3 aromatic carbocycles. The van der Waals surface area contributed by atoms with Gasteiger partial charge in [0, 0.05) is 51.1 Å². The van der Waals surface area contributed by atoms with Crippen molar-refractivity contribution >= 4 is 32.8 Å². The lowest BCUT2D eigenvalue weighted by molar-refractivity contribution is -0.132. The number of hydrogen-bond donors (Lipinski definition) is 1. The largest absolute Gasteiger partial charge is 0.340 e. The Kier molecular flexibility index (Phi) is 7.54. The number of hydrogen-bond acceptors (Lipinski definition) is 4. The van der Waals surface area contributed by atoms with Gasteiger partial charge in [-0.05, 0) is 28.0 Å². The van der Waals surface area contributed by atoms with Crippen molar-refractivity contribution in [1.29, 1.82) is 0 Å². The Morgan fingerprint density at radius 1 is 0.879 bits per heavy atom. The predicted octanol–water partition coefficient (Wildman–Crippen LogP) is 3.46. The van der Waals surface area contributed by atoms with Crippen LogP contribution in [-0.4, -0.2) is 56.8 Å². The van der Waals surface area contributed by atoms with E-state index in [4.69, 9.17) is 0 Å². The second-order valence-electron chi connectivity index (χ2n) is 8.20. The molecule has 1 saturated heterocycles. The third-order valence-electron chi connectivity index (χ3n) is 5.88. The summed E-state index contributed by atoms with van der Waals surface area (Å²) >= 11 is 0. The summed E-state index contributed by atoms with van der Waals surface area (Å²) in [4.78, 5) is 16.7. The molecule has 3 aromatic rings. The molecule has 0 spiro atoms. The third kappa shape index (κ3) is 6.51. The number of piperazine rings is 1. The van der Waals surface area contributed by atoms with Gasteiger partial charge in [0.2, 0.25) is 15.9 Å². The quantitative estimate of drug-likeness (QED) is 0.556. The molecule has 1 aliphatic heterocycles. The predicted molar refractivity (Wildman–Crippen MR) is 133 cm³/mol. The standard InChI is InChI=1S/C26H29N3O3S/c30-26(13-15-27-33(31,32)20-14-22-7-2-1-3-8-22)29-18-16-28(17-19-29)21-24-11-6-10-23-9-4-5-12-25(23)24/h1-12,14,20,27H,13,15-19,21H2/b20-14+. The summed E-state index contributed by atoms with van der Waals surface area (Å²) in [5, 5.41) is 3.65. The summed E-state index contributed by atoms with van der Waals surface area (Å²) < 4.78 is 26.8. The average Bonchev–Trinajstić information content (AvgIpc) is 2.84. The molecule has 0 radical (unpaired) electrons. The monoisotopic (exact) mass is 463 g/mol. The van der Waals surface area contributed by atoms with Crippen LogP contribution in [0.3, 0.4) is 0 Å². The van der Waals surface area contributed by atoms with E-state index in [0.29, 0.717) is 13.1 Å². The molecular weight excluding hydrogens is 434 g/mol. The lowest BCUT2D eigenvalue weighted by Gasteiger charge is -2.35. The zero-order chi connectivity index (χ0) is 23.1. The smallest absolute Gasteiger partial charge is 0.233 e. The van der Waals surface area contributed by atoms with Crippen LogP contribution in [0.25, 0.3) is 16.8 Å². The summed E-state index contributed by atoms with van der Waals surface area (Å²) in [5.41, 5.74) is 2.10. The van der Waals surface area contributed by atoms with E-state index < -0.39 is 10.0 Å². The summed E-state index contributed by atoms with van der Waals surface area (Å²) in [6, 6.07) is 24.0. The van der Waals surface area contributed by atoms with Gasteiger partial charge in [0.15, 0.2) is 0 Å². The first-order chi connectivity index (χ1) is 16.0. The highest BCUT2D eigenvalue weighted by atomic mass is 32.2. The SMILES string of the molecule is O=C(CCNS(=O)(=O)/C=C/c1ccccc1)N1CCN(Cc2cccc3ccccc23)CC1. The molecule has 1 amide bonds. The molecule has 1 aliphatic rings. The second kappa shape index (κ2) is 10.7. The van der Waals surface area contributed by atoms with Crippen LogP contribution in [0.5, 0.6) is 0 Å². The van der Waals surface area contributed by atoms with Crippen LogP contribution in [0.1, 0.15) is 17.5 Å². The summed E-state index contributed by atoms with van der Waals surface area (Å²) in [6.07, 6.45) is 1.70. The lowest BCUT2D eigenvalue weighted by Crippen LogP contribution is -2.48. The lowest BCUT2D eigenvalue weighted by atomic mass is 10.0. The van der Waals surface area contributed by atoms with Gasteiger partial charge >= 0.3 is 0 Å². The minimum atomic E-state index is -3.58. The summed E-state index contributed by atoms with van der Waals surface area (Å²) in [7, 11) is -3.58. The molecule has 0 aromatic heterocycles. The van der Waals surface area contributed by atoms with E-state index in [-0.39, 0.29) is 18.9 Å². The van der Waals surface area contributed by atoms with E-state index >= 15 is 0 Å². The molecule has 1 heterocycles. The number of amides is 1. The maximum absolute atomic E-state index is 12.6. The average molecular weight is 464 g/mol. The van der Waals surface area contributed by atoms with Crippen molar-refractivity contribution in [1.82, 2.24) is 14.5 Å². The van der Waals surface area contributed by atoms with Gasteiger partial charge in [-0.1, -0.05) is 72.8 Å². The van der Waals surface area contributed by atoms with Crippen molar-refractivity contribution in [2.45, 2.75) is 13.0 Å². The second-order valence-corrected chi connectivity index (χ2v) is 9.85. The summed E-state index contributed by atoms with van der Waals surface area (Å²) in [6.45, 7) is 3.88. The number of nitrogens with zero attached hydrogens (tertiary/aromatic N) is 2. The Balaban J connectivity index is 1.22. The van der Waals surface area contributed by atoms with Crippen LogP contribution < -0.4 is 4.72 Å².